The number of hydrogen-bond acceptors (Lipinski definition) is 3. The van der Waals surface area contributed by atoms with E-state index in [2.05, 4.69) is 0 Å². The van der Waals surface area contributed by atoms with Crippen molar-refractivity contribution in [3.63, 3.8) is 0 Å². The summed E-state index contributed by atoms with van der Waals surface area (Å²) in [6.45, 7) is 0. The van der Waals surface area contributed by atoms with Crippen molar-refractivity contribution in [2.45, 2.75) is 0 Å². The van der Waals surface area contributed by atoms with Crippen molar-refractivity contribution < 1.29 is 56.5 Å². The Hall–Kier alpha value is 0.886. The molecule has 0 amide bonds. The van der Waals surface area contributed by atoms with Crippen LogP contribution in [0.2, 0.25) is 0 Å². The van der Waals surface area contributed by atoms with Gasteiger partial charge in [0.05, 0.1) is 0 Å². The van der Waals surface area contributed by atoms with E-state index in [0.717, 1.165) is 0 Å². The Morgan fingerprint density at radius 1 is 1.60 bits per heavy atom. The summed E-state index contributed by atoms with van der Waals surface area (Å²) in [7, 11) is 0. The van der Waals surface area contributed by atoms with Gasteiger partial charge < -0.3 is 11.3 Å². The monoisotopic (exact) mass is 98.0 g/mol. The van der Waals surface area contributed by atoms with Crippen LogP contribution in [0.1, 0.15) is 0 Å². The summed E-state index contributed by atoms with van der Waals surface area (Å²) in [5, 5.41) is 15.0. The van der Waals surface area contributed by atoms with Gasteiger partial charge in [0.25, 0.3) is 0 Å². The molecule has 0 unspecified atom stereocenters. The molecule has 0 aromatic carbocycles. The molecule has 5 heavy (non-hydrogen) atoms. The zero-order valence-corrected chi connectivity index (χ0v) is 6.19. The fourth-order valence-corrected chi connectivity index (χ4v) is 0. The van der Waals surface area contributed by atoms with Crippen molar-refractivity contribution in [2.75, 3.05) is 0 Å². The number of nitriles is 1. The van der Waals surface area contributed by atoms with Crippen molar-refractivity contribution in [3.05, 3.63) is 0 Å². The van der Waals surface area contributed by atoms with E-state index in [1.807, 2.05) is 0 Å². The molecule has 0 aliphatic rings. The first-order chi connectivity index (χ1) is 1.41. The average molecular weight is 98.1 g/mol. The summed E-state index contributed by atoms with van der Waals surface area (Å²) in [6, 6.07) is 0. The molecule has 3 nitrogen and oxygen atoms in total. The van der Waals surface area contributed by atoms with Crippen molar-refractivity contribution in [1.82, 2.24) is 6.15 Å². The fraction of sp³-hybridized carbons (Fsp3) is 0. The van der Waals surface area contributed by atoms with Gasteiger partial charge in [0.2, 0.25) is 0 Å². The van der Waals surface area contributed by atoms with Crippen LogP contribution in [-0.4, -0.2) is 0 Å². The van der Waals surface area contributed by atoms with E-state index in [9.17, 15) is 0 Å². The van der Waals surface area contributed by atoms with Gasteiger partial charge in [0, 0.05) is 6.26 Å². The van der Waals surface area contributed by atoms with E-state index in [0.29, 0.717) is 6.26 Å². The van der Waals surface area contributed by atoms with Gasteiger partial charge in [0.15, 0.2) is 0 Å². The first-order valence-electron chi connectivity index (χ1n) is 0.428. The van der Waals surface area contributed by atoms with Crippen molar-refractivity contribution in [3.8, 4) is 6.26 Å². The van der Waals surface area contributed by atoms with E-state index >= 15 is 0 Å². The van der Waals surface area contributed by atoms with Crippen LogP contribution in [-0.2, 0) is 0 Å². The molecule has 0 aliphatic carbocycles. The van der Waals surface area contributed by atoms with Gasteiger partial charge in [-0.05, 0) is 0 Å². The fourth-order valence-electron chi connectivity index (χ4n) is 0. The molecule has 0 rings (SSSR count). The molecule has 0 saturated heterocycles. The van der Waals surface area contributed by atoms with Gasteiger partial charge in [0.1, 0.15) is 0 Å². The van der Waals surface area contributed by atoms with E-state index in [1.54, 1.807) is 0 Å². The third-order valence-corrected chi connectivity index (χ3v) is 0. The van der Waals surface area contributed by atoms with Crippen LogP contribution in [0.3, 0.4) is 0 Å². The molecule has 0 bridgehead atoms. The largest absolute Gasteiger partial charge is 1.00 e. The number of hydrogen-bond donors (Lipinski definition) is 1. The predicted molar refractivity (Wildman–Crippen MR) is 10.6 cm³/mol. The zero-order chi connectivity index (χ0) is 2.71. The molecule has 0 spiro atoms. The van der Waals surface area contributed by atoms with Gasteiger partial charge in [-0.15, -0.1) is 0 Å². The first-order valence-corrected chi connectivity index (χ1v) is 0.428. The molecule has 0 saturated carbocycles. The standard InChI is InChI=1S/CHNO.K.H3N/c2-1-3;;/h3H;;1H3/q;+1;/p-1. The SMILES string of the molecule is N.N#C[O-].[K+]. The smallest absolute Gasteiger partial charge is 0.812 e. The normalized spacial score (nSPS) is 1.40. The Kier molecular flexibility index (Phi) is 70.0. The minimum atomic E-state index is 0. The van der Waals surface area contributed by atoms with Crippen LogP contribution in [0.4, 0.5) is 0 Å². The Balaban J connectivity index is -0.0000000200. The Morgan fingerprint density at radius 3 is 1.60 bits per heavy atom. The van der Waals surface area contributed by atoms with Crippen LogP contribution < -0.4 is 62.6 Å². The number of nitrogens with zero attached hydrogens (tertiary/aromatic N) is 1. The number of rotatable bonds is 0. The molecule has 0 aliphatic heterocycles. The van der Waals surface area contributed by atoms with Crippen LogP contribution >= 0.6 is 0 Å². The van der Waals surface area contributed by atoms with Gasteiger partial charge in [-0.3, -0.25) is 0 Å². The Bertz CT molecular complexity index is 31.1. The van der Waals surface area contributed by atoms with E-state index < -0.39 is 0 Å². The second kappa shape index (κ2) is 20.7. The van der Waals surface area contributed by atoms with Crippen molar-refractivity contribution in [1.29, 1.82) is 5.26 Å². The minimum absolute atomic E-state index is 0. The Labute approximate surface area is 73.0 Å². The molecular weight excluding hydrogens is 95.1 g/mol. The quantitative estimate of drug-likeness (QED) is 0.247. The van der Waals surface area contributed by atoms with Crippen LogP contribution in [0.15, 0.2) is 0 Å². The molecule has 24 valence electrons. The first kappa shape index (κ1) is 16.9. The van der Waals surface area contributed by atoms with Crippen LogP contribution in [0, 0.1) is 11.5 Å². The van der Waals surface area contributed by atoms with Crippen LogP contribution in [0.25, 0.3) is 0 Å². The molecule has 0 heterocycles. The maximum Gasteiger partial charge on any atom is 1.00 e. The van der Waals surface area contributed by atoms with Gasteiger partial charge in [-0.1, -0.05) is 0 Å². The van der Waals surface area contributed by atoms with Gasteiger partial charge in [-0.25, -0.2) is 5.26 Å². The molecule has 0 radical (unpaired) electrons. The Morgan fingerprint density at radius 2 is 1.60 bits per heavy atom. The predicted octanol–water partition coefficient (Wildman–Crippen LogP) is -4.01. The maximum absolute atomic E-state index is 8.24. The minimum Gasteiger partial charge on any atom is -0.812 e. The van der Waals surface area contributed by atoms with Gasteiger partial charge in [-0.2, -0.15) is 0 Å². The van der Waals surface area contributed by atoms with Crippen molar-refractivity contribution >= 4 is 0 Å². The van der Waals surface area contributed by atoms with Gasteiger partial charge >= 0.3 is 51.4 Å². The molecule has 3 N–H and O–H groups in total. The third-order valence-electron chi connectivity index (χ3n) is 0. The molecule has 0 aromatic rings. The van der Waals surface area contributed by atoms with Crippen LogP contribution in [0.5, 0.6) is 0 Å². The molecule has 0 atom stereocenters. The van der Waals surface area contributed by atoms with E-state index in [4.69, 9.17) is 10.4 Å². The second-order valence-electron chi connectivity index (χ2n) is 0.0913. The summed E-state index contributed by atoms with van der Waals surface area (Å²) in [5.74, 6) is 0. The molecule has 0 aromatic heterocycles. The average Bonchev–Trinajstić information content (AvgIpc) is 0.918. The summed E-state index contributed by atoms with van der Waals surface area (Å²) >= 11 is 0. The van der Waals surface area contributed by atoms with Crippen molar-refractivity contribution in [2.24, 2.45) is 0 Å². The van der Waals surface area contributed by atoms with E-state index in [-0.39, 0.29) is 57.5 Å². The molecular formula is CH3KN2O. The summed E-state index contributed by atoms with van der Waals surface area (Å²) in [4.78, 5) is 0. The third kappa shape index (κ3) is 51.8. The summed E-state index contributed by atoms with van der Waals surface area (Å²) in [6.07, 6.45) is 0.500. The molecule has 0 fully saturated rings. The summed E-state index contributed by atoms with van der Waals surface area (Å²) in [5.41, 5.74) is 0. The maximum atomic E-state index is 8.24. The second-order valence-corrected chi connectivity index (χ2v) is 0.0913. The molecule has 4 heteroatoms. The topological polar surface area (TPSA) is 81.8 Å². The van der Waals surface area contributed by atoms with E-state index in [1.165, 1.54) is 0 Å². The zero-order valence-electron chi connectivity index (χ0n) is 3.06. The summed E-state index contributed by atoms with van der Waals surface area (Å²) < 4.78 is 0.